The minimum absolute atomic E-state index is 0.367. The molecular weight excluding hydrogens is 346 g/mol. The zero-order valence-corrected chi connectivity index (χ0v) is 14.1. The molecular formula is C17H16ClN3O4. The number of esters is 1. The third kappa shape index (κ3) is 3.33. The highest BCUT2D eigenvalue weighted by Crippen LogP contribution is 2.40. The van der Waals surface area contributed by atoms with E-state index in [1.54, 1.807) is 48.7 Å². The fourth-order valence-corrected chi connectivity index (χ4v) is 3.42. The molecule has 0 saturated carbocycles. The van der Waals surface area contributed by atoms with Crippen LogP contribution in [0.15, 0.2) is 48.7 Å². The summed E-state index contributed by atoms with van der Waals surface area (Å²) in [5, 5.41) is 15.4. The Morgan fingerprint density at radius 3 is 2.56 bits per heavy atom. The molecule has 1 saturated heterocycles. The van der Waals surface area contributed by atoms with Crippen molar-refractivity contribution in [2.24, 2.45) is 0 Å². The smallest absolute Gasteiger partial charge is 0.323 e. The highest BCUT2D eigenvalue weighted by atomic mass is 35.5. The highest BCUT2D eigenvalue weighted by Gasteiger charge is 2.55. The number of nitrogens with zero attached hydrogens (tertiary/aromatic N) is 2. The second-order valence-electron chi connectivity index (χ2n) is 5.75. The highest BCUT2D eigenvalue weighted by molar-refractivity contribution is 6.30. The summed E-state index contributed by atoms with van der Waals surface area (Å²) in [6.45, 7) is 0. The summed E-state index contributed by atoms with van der Waals surface area (Å²) in [5.41, 5.74) is 1.15. The average Bonchev–Trinajstić information content (AvgIpc) is 3.03. The molecule has 1 aliphatic heterocycles. The summed E-state index contributed by atoms with van der Waals surface area (Å²) in [6, 6.07) is 9.25. The van der Waals surface area contributed by atoms with Crippen LogP contribution in [0.4, 0.5) is 0 Å². The summed E-state index contributed by atoms with van der Waals surface area (Å²) in [7, 11) is 1.26. The van der Waals surface area contributed by atoms with Crippen molar-refractivity contribution in [3.63, 3.8) is 0 Å². The van der Waals surface area contributed by atoms with E-state index < -0.39 is 30.0 Å². The summed E-state index contributed by atoms with van der Waals surface area (Å²) in [6.07, 6.45) is 1.57. The second kappa shape index (κ2) is 7.16. The third-order valence-electron chi connectivity index (χ3n) is 4.39. The van der Waals surface area contributed by atoms with Gasteiger partial charge in [-0.05, 0) is 29.8 Å². The van der Waals surface area contributed by atoms with E-state index in [0.29, 0.717) is 16.3 Å². The lowest BCUT2D eigenvalue weighted by molar-refractivity contribution is -0.527. The van der Waals surface area contributed by atoms with Gasteiger partial charge in [0.2, 0.25) is 6.04 Å². The quantitative estimate of drug-likeness (QED) is 0.510. The molecule has 0 unspecified atom stereocenters. The first-order chi connectivity index (χ1) is 12.0. The fourth-order valence-electron chi connectivity index (χ4n) is 3.29. The molecule has 0 bridgehead atoms. The first-order valence-electron chi connectivity index (χ1n) is 7.66. The number of hydrogen-bond donors (Lipinski definition) is 1. The van der Waals surface area contributed by atoms with Gasteiger partial charge in [0.1, 0.15) is 12.1 Å². The summed E-state index contributed by atoms with van der Waals surface area (Å²) < 4.78 is 4.85. The molecule has 130 valence electrons. The van der Waals surface area contributed by atoms with Gasteiger partial charge in [-0.1, -0.05) is 29.8 Å². The van der Waals surface area contributed by atoms with E-state index in [-0.39, 0.29) is 4.92 Å². The summed E-state index contributed by atoms with van der Waals surface area (Å²) in [5.74, 6) is -1.25. The predicted octanol–water partition coefficient (Wildman–Crippen LogP) is 2.35. The zero-order valence-electron chi connectivity index (χ0n) is 13.3. The number of nitro groups is 1. The molecule has 1 aromatic heterocycles. The molecule has 2 heterocycles. The Labute approximate surface area is 149 Å². The number of ether oxygens (including phenoxy) is 1. The molecule has 7 nitrogen and oxygen atoms in total. The monoisotopic (exact) mass is 361 g/mol. The number of rotatable bonds is 4. The van der Waals surface area contributed by atoms with Gasteiger partial charge in [0, 0.05) is 16.1 Å². The molecule has 0 amide bonds. The van der Waals surface area contributed by atoms with Crippen LogP contribution in [0.1, 0.15) is 23.2 Å². The average molecular weight is 362 g/mol. The van der Waals surface area contributed by atoms with Gasteiger partial charge >= 0.3 is 5.97 Å². The Morgan fingerprint density at radius 1 is 1.28 bits per heavy atom. The van der Waals surface area contributed by atoms with Gasteiger partial charge in [0.15, 0.2) is 0 Å². The van der Waals surface area contributed by atoms with E-state index in [0.717, 1.165) is 0 Å². The van der Waals surface area contributed by atoms with Crippen molar-refractivity contribution in [2.45, 2.75) is 24.0 Å². The van der Waals surface area contributed by atoms with Gasteiger partial charge in [0.25, 0.3) is 0 Å². The van der Waals surface area contributed by atoms with Crippen molar-refractivity contribution in [1.82, 2.24) is 10.3 Å². The number of nitrogens with one attached hydrogen (secondary N) is 1. The van der Waals surface area contributed by atoms with E-state index >= 15 is 0 Å². The number of pyridine rings is 1. The van der Waals surface area contributed by atoms with Crippen LogP contribution in [0.25, 0.3) is 0 Å². The summed E-state index contributed by atoms with van der Waals surface area (Å²) >= 11 is 5.92. The molecule has 1 aliphatic rings. The largest absolute Gasteiger partial charge is 0.468 e. The van der Waals surface area contributed by atoms with Crippen molar-refractivity contribution in [3.05, 3.63) is 75.1 Å². The number of carbonyl (C=O) groups excluding carboxylic acids is 1. The van der Waals surface area contributed by atoms with Gasteiger partial charge < -0.3 is 4.74 Å². The molecule has 2 aromatic rings. The van der Waals surface area contributed by atoms with Crippen LogP contribution in [0.2, 0.25) is 5.02 Å². The maximum absolute atomic E-state index is 12.3. The number of methoxy groups -OCH3 is 1. The van der Waals surface area contributed by atoms with Crippen LogP contribution in [0.3, 0.4) is 0 Å². The van der Waals surface area contributed by atoms with Crippen molar-refractivity contribution in [3.8, 4) is 0 Å². The van der Waals surface area contributed by atoms with Crippen molar-refractivity contribution in [1.29, 1.82) is 0 Å². The molecule has 0 radical (unpaired) electrons. The predicted molar refractivity (Wildman–Crippen MR) is 90.9 cm³/mol. The van der Waals surface area contributed by atoms with Crippen molar-refractivity contribution < 1.29 is 14.5 Å². The van der Waals surface area contributed by atoms with Crippen LogP contribution in [0.5, 0.6) is 0 Å². The molecule has 0 aliphatic carbocycles. The molecule has 1 N–H and O–H groups in total. The molecule has 1 aromatic carbocycles. The first-order valence-corrected chi connectivity index (χ1v) is 8.04. The molecule has 0 spiro atoms. The van der Waals surface area contributed by atoms with Gasteiger partial charge in [-0.15, -0.1) is 0 Å². The minimum atomic E-state index is -1.07. The number of hydrogen-bond acceptors (Lipinski definition) is 6. The third-order valence-corrected chi connectivity index (χ3v) is 4.64. The Hall–Kier alpha value is -2.51. The van der Waals surface area contributed by atoms with Gasteiger partial charge in [-0.25, -0.2) is 0 Å². The lowest BCUT2D eigenvalue weighted by atomic mass is 9.86. The normalized spacial score (nSPS) is 25.5. The molecule has 4 atom stereocenters. The lowest BCUT2D eigenvalue weighted by Crippen LogP contribution is -2.37. The maximum Gasteiger partial charge on any atom is 0.323 e. The van der Waals surface area contributed by atoms with E-state index in [1.165, 1.54) is 7.11 Å². The van der Waals surface area contributed by atoms with Crippen LogP contribution in [0, 0.1) is 10.1 Å². The summed E-state index contributed by atoms with van der Waals surface area (Å²) in [4.78, 5) is 28.0. The Bertz CT molecular complexity index is 769. The lowest BCUT2D eigenvalue weighted by Gasteiger charge is -2.19. The number of halogens is 1. The SMILES string of the molecule is COC(=O)[C@H]1N[C@@H](c2ccccn2)[C@@H]([N+](=O)[O-])[C@@H]1c1ccc(Cl)cc1. The topological polar surface area (TPSA) is 94.4 Å². The molecule has 3 rings (SSSR count). The Morgan fingerprint density at radius 2 is 2.00 bits per heavy atom. The number of carbonyl (C=O) groups is 1. The van der Waals surface area contributed by atoms with E-state index in [1.807, 2.05) is 0 Å². The zero-order chi connectivity index (χ0) is 18.0. The van der Waals surface area contributed by atoms with Crippen molar-refractivity contribution >= 4 is 17.6 Å². The number of benzene rings is 1. The Balaban J connectivity index is 2.08. The molecule has 8 heteroatoms. The minimum Gasteiger partial charge on any atom is -0.468 e. The van der Waals surface area contributed by atoms with E-state index in [2.05, 4.69) is 10.3 Å². The van der Waals surface area contributed by atoms with Crippen molar-refractivity contribution in [2.75, 3.05) is 7.11 Å². The van der Waals surface area contributed by atoms with Gasteiger partial charge in [0.05, 0.1) is 18.7 Å². The maximum atomic E-state index is 12.3. The van der Waals surface area contributed by atoms with E-state index in [9.17, 15) is 14.9 Å². The number of aromatic nitrogens is 1. The first kappa shape index (κ1) is 17.3. The van der Waals surface area contributed by atoms with E-state index in [4.69, 9.17) is 16.3 Å². The molecule has 25 heavy (non-hydrogen) atoms. The second-order valence-corrected chi connectivity index (χ2v) is 6.19. The van der Waals surface area contributed by atoms with Gasteiger partial charge in [-0.2, -0.15) is 0 Å². The van der Waals surface area contributed by atoms with Crippen LogP contribution >= 0.6 is 11.6 Å². The van der Waals surface area contributed by atoms with Crippen LogP contribution in [-0.2, 0) is 9.53 Å². The fraction of sp³-hybridized carbons (Fsp3) is 0.294. The Kier molecular flexibility index (Phi) is 4.96. The van der Waals surface area contributed by atoms with Crippen LogP contribution < -0.4 is 5.32 Å². The standard InChI is InChI=1S/C17H16ClN3O4/c1-25-17(22)15-13(10-5-7-11(18)8-6-10)16(21(23)24)14(20-15)12-4-2-3-9-19-12/h2-9,13-16,20H,1H3/t13-,14+,15+,16+/m1/s1. The van der Waals surface area contributed by atoms with Crippen LogP contribution in [-0.4, -0.2) is 35.1 Å². The van der Waals surface area contributed by atoms with Gasteiger partial charge in [-0.3, -0.25) is 25.2 Å². The molecule has 1 fully saturated rings.